The second-order valence-electron chi connectivity index (χ2n) is 5.02. The second-order valence-corrected chi connectivity index (χ2v) is 7.88. The van der Waals surface area contributed by atoms with Gasteiger partial charge in [-0.05, 0) is 36.4 Å². The van der Waals surface area contributed by atoms with E-state index in [0.29, 0.717) is 32.9 Å². The van der Waals surface area contributed by atoms with Crippen LogP contribution in [0, 0.1) is 0 Å². The van der Waals surface area contributed by atoms with Crippen molar-refractivity contribution in [3.8, 4) is 11.5 Å². The van der Waals surface area contributed by atoms with Gasteiger partial charge < -0.3 is 9.47 Å². The molecule has 0 aliphatic heterocycles. The molecule has 0 aromatic heterocycles. The lowest BCUT2D eigenvalue weighted by Gasteiger charge is -2.16. The first-order chi connectivity index (χ1) is 12.7. The molecular formula is C17H12Cl6N2O2. The Labute approximate surface area is 186 Å². The molecule has 0 spiro atoms. The van der Waals surface area contributed by atoms with Crippen LogP contribution in [0.5, 0.6) is 11.5 Å². The second kappa shape index (κ2) is 9.55. The number of halogens is 6. The van der Waals surface area contributed by atoms with E-state index in [0.717, 1.165) is 0 Å². The van der Waals surface area contributed by atoms with Gasteiger partial charge in [-0.25, -0.2) is 9.98 Å². The molecule has 27 heavy (non-hydrogen) atoms. The smallest absolute Gasteiger partial charge is 0.222 e. The summed E-state index contributed by atoms with van der Waals surface area (Å²) < 4.78 is 8.28. The first-order valence-corrected chi connectivity index (χ1v) is 9.50. The maximum atomic E-state index is 6.26. The number of hydrogen-bond donors (Lipinski definition) is 0. The molecule has 0 aliphatic carbocycles. The van der Waals surface area contributed by atoms with Crippen LogP contribution >= 0.6 is 69.6 Å². The quantitative estimate of drug-likeness (QED) is 0.313. The Morgan fingerprint density at radius 3 is 1.44 bits per heavy atom. The first kappa shape index (κ1) is 22.4. The molecule has 0 N–H and O–H groups in total. The Morgan fingerprint density at radius 1 is 0.778 bits per heavy atom. The Kier molecular flexibility index (Phi) is 7.93. The van der Waals surface area contributed by atoms with Gasteiger partial charge in [-0.2, -0.15) is 0 Å². The summed E-state index contributed by atoms with van der Waals surface area (Å²) in [4.78, 5) is 8.28. The van der Waals surface area contributed by atoms with Gasteiger partial charge >= 0.3 is 0 Å². The Morgan fingerprint density at radius 2 is 1.15 bits per heavy atom. The molecule has 0 heterocycles. The van der Waals surface area contributed by atoms with E-state index in [4.69, 9.17) is 79.1 Å². The summed E-state index contributed by atoms with van der Waals surface area (Å²) in [5, 5.41) is 0.289. The third kappa shape index (κ3) is 5.57. The average Bonchev–Trinajstić information content (AvgIpc) is 2.62. The molecule has 0 amide bonds. The molecule has 0 atom stereocenters. The average molecular weight is 489 g/mol. The van der Waals surface area contributed by atoms with E-state index < -0.39 is 4.33 Å². The number of rotatable bonds is 6. The van der Waals surface area contributed by atoms with Crippen LogP contribution in [0.15, 0.2) is 46.4 Å². The van der Waals surface area contributed by atoms with E-state index in [9.17, 15) is 0 Å². The van der Waals surface area contributed by atoms with E-state index in [1.807, 2.05) is 0 Å². The SMILES string of the molecule is COc1ccc(N=C(Cl)C(Cl)(Cl)C(Cl)=Nc2ccc(OC)c(Cl)c2)cc1Cl. The summed E-state index contributed by atoms with van der Waals surface area (Å²) in [6.07, 6.45) is 0. The van der Waals surface area contributed by atoms with Crippen molar-refractivity contribution in [1.82, 2.24) is 0 Å². The minimum atomic E-state index is -1.87. The molecule has 0 fully saturated rings. The van der Waals surface area contributed by atoms with E-state index in [-0.39, 0.29) is 10.3 Å². The zero-order chi connectivity index (χ0) is 20.2. The van der Waals surface area contributed by atoms with Crippen LogP contribution in [0.1, 0.15) is 0 Å². The maximum absolute atomic E-state index is 6.26. The number of ether oxygens (including phenoxy) is 2. The third-order valence-electron chi connectivity index (χ3n) is 3.24. The van der Waals surface area contributed by atoms with Gasteiger partial charge in [-0.15, -0.1) is 0 Å². The van der Waals surface area contributed by atoms with Crippen molar-refractivity contribution in [2.75, 3.05) is 14.2 Å². The van der Waals surface area contributed by atoms with Crippen LogP contribution in [0.25, 0.3) is 0 Å². The van der Waals surface area contributed by atoms with Crippen LogP contribution in [-0.2, 0) is 0 Å². The summed E-state index contributed by atoms with van der Waals surface area (Å²) >= 11 is 37.0. The fourth-order valence-corrected chi connectivity index (χ4v) is 3.00. The van der Waals surface area contributed by atoms with Crippen molar-refractivity contribution in [1.29, 1.82) is 0 Å². The molecule has 0 unspecified atom stereocenters. The highest BCUT2D eigenvalue weighted by molar-refractivity contribution is 6.93. The van der Waals surface area contributed by atoms with Crippen molar-refractivity contribution >= 4 is 91.3 Å². The monoisotopic (exact) mass is 486 g/mol. The predicted octanol–water partition coefficient (Wildman–Crippen LogP) is 7.42. The standard InChI is InChI=1S/C17H12Cl6N2O2/c1-26-13-5-3-9(7-11(13)18)24-15(20)17(22,23)16(21)25-10-4-6-14(27-2)12(19)8-10/h3-8H,1-2H3. The molecule has 10 heteroatoms. The number of benzene rings is 2. The maximum Gasteiger partial charge on any atom is 0.222 e. The number of alkyl halides is 2. The minimum Gasteiger partial charge on any atom is -0.495 e. The van der Waals surface area contributed by atoms with Gasteiger partial charge in [-0.1, -0.05) is 69.6 Å². The van der Waals surface area contributed by atoms with Gasteiger partial charge in [0, 0.05) is 0 Å². The zero-order valence-electron chi connectivity index (χ0n) is 13.9. The number of methoxy groups -OCH3 is 2. The molecule has 0 aliphatic rings. The summed E-state index contributed by atoms with van der Waals surface area (Å²) in [5.74, 6) is 0.983. The van der Waals surface area contributed by atoms with Crippen molar-refractivity contribution in [2.45, 2.75) is 4.33 Å². The molecule has 2 rings (SSSR count). The van der Waals surface area contributed by atoms with Gasteiger partial charge in [0.1, 0.15) is 21.8 Å². The Bertz CT molecular complexity index is 827. The largest absolute Gasteiger partial charge is 0.495 e. The Hall–Kier alpha value is -0.880. The topological polar surface area (TPSA) is 43.2 Å². The molecule has 4 nitrogen and oxygen atoms in total. The molecule has 0 bridgehead atoms. The van der Waals surface area contributed by atoms with Gasteiger partial charge in [0.25, 0.3) is 0 Å². The van der Waals surface area contributed by atoms with Crippen LogP contribution in [0.4, 0.5) is 11.4 Å². The minimum absolute atomic E-state index is 0.208. The van der Waals surface area contributed by atoms with Gasteiger partial charge in [0.15, 0.2) is 0 Å². The molecule has 0 saturated heterocycles. The predicted molar refractivity (Wildman–Crippen MR) is 116 cm³/mol. The van der Waals surface area contributed by atoms with Crippen LogP contribution in [0.2, 0.25) is 10.0 Å². The van der Waals surface area contributed by atoms with Crippen molar-refractivity contribution < 1.29 is 9.47 Å². The van der Waals surface area contributed by atoms with Crippen LogP contribution in [-0.4, -0.2) is 28.9 Å². The first-order valence-electron chi connectivity index (χ1n) is 7.23. The van der Waals surface area contributed by atoms with Crippen molar-refractivity contribution in [3.05, 3.63) is 46.4 Å². The fourth-order valence-electron chi connectivity index (χ4n) is 1.90. The normalized spacial score (nSPS) is 12.9. The van der Waals surface area contributed by atoms with Gasteiger partial charge in [-0.3, -0.25) is 0 Å². The molecular weight excluding hydrogens is 477 g/mol. The molecule has 144 valence electrons. The lowest BCUT2D eigenvalue weighted by atomic mass is 10.3. The summed E-state index contributed by atoms with van der Waals surface area (Å²) in [5.41, 5.74) is 0.821. The highest BCUT2D eigenvalue weighted by Crippen LogP contribution is 2.36. The number of hydrogen-bond acceptors (Lipinski definition) is 4. The molecule has 2 aromatic carbocycles. The van der Waals surface area contributed by atoms with E-state index in [1.54, 1.807) is 36.4 Å². The molecule has 0 radical (unpaired) electrons. The van der Waals surface area contributed by atoms with E-state index in [1.165, 1.54) is 14.2 Å². The zero-order valence-corrected chi connectivity index (χ0v) is 18.5. The van der Waals surface area contributed by atoms with E-state index >= 15 is 0 Å². The number of nitrogens with zero attached hydrogens (tertiary/aromatic N) is 2. The third-order valence-corrected chi connectivity index (χ3v) is 5.67. The fraction of sp³-hybridized carbons (Fsp3) is 0.176. The van der Waals surface area contributed by atoms with Crippen LogP contribution < -0.4 is 9.47 Å². The van der Waals surface area contributed by atoms with Gasteiger partial charge in [0.05, 0.1) is 35.6 Å². The number of aliphatic imine (C=N–C) groups is 2. The summed E-state index contributed by atoms with van der Waals surface area (Å²) in [6, 6.07) is 9.60. The summed E-state index contributed by atoms with van der Waals surface area (Å²) in [6.45, 7) is 0. The highest BCUT2D eigenvalue weighted by atomic mass is 35.5. The van der Waals surface area contributed by atoms with E-state index in [2.05, 4.69) is 9.98 Å². The van der Waals surface area contributed by atoms with Crippen LogP contribution in [0.3, 0.4) is 0 Å². The van der Waals surface area contributed by atoms with Crippen molar-refractivity contribution in [2.24, 2.45) is 9.98 Å². The summed E-state index contributed by atoms with van der Waals surface area (Å²) in [7, 11) is 3.00. The lowest BCUT2D eigenvalue weighted by molar-refractivity contribution is 0.415. The Balaban J connectivity index is 2.32. The van der Waals surface area contributed by atoms with Crippen molar-refractivity contribution in [3.63, 3.8) is 0 Å². The molecule has 2 aromatic rings. The van der Waals surface area contributed by atoms with Gasteiger partial charge in [0.2, 0.25) is 4.33 Å². The highest BCUT2D eigenvalue weighted by Gasteiger charge is 2.36. The lowest BCUT2D eigenvalue weighted by Crippen LogP contribution is -2.28. The molecule has 0 saturated carbocycles.